The summed E-state index contributed by atoms with van der Waals surface area (Å²) >= 11 is 3.11. The minimum absolute atomic E-state index is 0.134. The fraction of sp³-hybridized carbons (Fsp3) is 0.467. The molecule has 0 bridgehead atoms. The van der Waals surface area contributed by atoms with Gasteiger partial charge in [0.2, 0.25) is 5.91 Å². The number of aromatic nitrogens is 2. The molecule has 2 heterocycles. The van der Waals surface area contributed by atoms with Crippen LogP contribution in [0.1, 0.15) is 53.4 Å². The zero-order valence-electron chi connectivity index (χ0n) is 12.6. The summed E-state index contributed by atoms with van der Waals surface area (Å²) in [6.45, 7) is 0.528. The molecule has 1 fully saturated rings. The molecule has 0 spiro atoms. The summed E-state index contributed by atoms with van der Waals surface area (Å²) in [6.07, 6.45) is 5.77. The zero-order valence-corrected chi connectivity index (χ0v) is 14.2. The van der Waals surface area contributed by atoms with Crippen LogP contribution in [0.2, 0.25) is 0 Å². The van der Waals surface area contributed by atoms with Crippen LogP contribution in [0, 0.1) is 0 Å². The number of unbranched alkanes of at least 4 members (excludes halogenated alkanes) is 1. The van der Waals surface area contributed by atoms with Crippen molar-refractivity contribution in [2.75, 3.05) is 6.54 Å². The van der Waals surface area contributed by atoms with Gasteiger partial charge < -0.3 is 11.1 Å². The molecule has 6 nitrogen and oxygen atoms in total. The highest BCUT2D eigenvalue weighted by Crippen LogP contribution is 2.46. The summed E-state index contributed by atoms with van der Waals surface area (Å²) in [6, 6.07) is 0. The van der Waals surface area contributed by atoms with Crippen molar-refractivity contribution in [2.45, 2.75) is 38.0 Å². The fourth-order valence-corrected chi connectivity index (χ4v) is 4.16. The van der Waals surface area contributed by atoms with Crippen molar-refractivity contribution in [1.82, 2.24) is 15.3 Å². The Labute approximate surface area is 142 Å². The van der Waals surface area contributed by atoms with Crippen molar-refractivity contribution in [1.29, 1.82) is 0 Å². The van der Waals surface area contributed by atoms with Crippen LogP contribution in [-0.4, -0.2) is 28.3 Å². The van der Waals surface area contributed by atoms with Gasteiger partial charge in [-0.3, -0.25) is 9.59 Å². The maximum absolute atomic E-state index is 12.4. The Bertz CT molecular complexity index is 692. The molecular formula is C15H18N4O2S2. The molecule has 8 heteroatoms. The van der Waals surface area contributed by atoms with Crippen molar-refractivity contribution in [3.05, 3.63) is 22.1 Å². The molecule has 0 saturated heterocycles. The summed E-state index contributed by atoms with van der Waals surface area (Å²) in [4.78, 5) is 33.0. The Morgan fingerprint density at radius 3 is 2.78 bits per heavy atom. The Morgan fingerprint density at radius 1 is 1.30 bits per heavy atom. The van der Waals surface area contributed by atoms with E-state index in [1.54, 1.807) is 17.5 Å². The molecule has 0 atom stereocenters. The van der Waals surface area contributed by atoms with Crippen LogP contribution in [0.4, 0.5) is 0 Å². The minimum atomic E-state index is -0.306. The van der Waals surface area contributed by atoms with Gasteiger partial charge in [-0.05, 0) is 31.6 Å². The summed E-state index contributed by atoms with van der Waals surface area (Å²) in [5.74, 6) is 0.0294. The number of hydrogen-bond acceptors (Lipinski definition) is 6. The third kappa shape index (κ3) is 4.14. The molecule has 1 saturated carbocycles. The first kappa shape index (κ1) is 16.1. The van der Waals surface area contributed by atoms with Crippen LogP contribution in [-0.2, 0) is 4.79 Å². The lowest BCUT2D eigenvalue weighted by atomic mass is 10.2. The van der Waals surface area contributed by atoms with E-state index in [-0.39, 0.29) is 11.8 Å². The van der Waals surface area contributed by atoms with Crippen molar-refractivity contribution in [3.8, 4) is 10.0 Å². The molecule has 23 heavy (non-hydrogen) atoms. The molecule has 0 radical (unpaired) electrons. The average molecular weight is 350 g/mol. The SMILES string of the molecule is NC(=O)CCCCNC(=O)c1nc(-c2nccs2)sc1C1CC1. The van der Waals surface area contributed by atoms with Crippen LogP contribution >= 0.6 is 22.7 Å². The third-order valence-electron chi connectivity index (χ3n) is 3.57. The van der Waals surface area contributed by atoms with E-state index in [0.29, 0.717) is 31.0 Å². The predicted octanol–water partition coefficient (Wildman–Crippen LogP) is 2.53. The Balaban J connectivity index is 1.64. The molecule has 122 valence electrons. The quantitative estimate of drug-likeness (QED) is 0.715. The molecule has 3 rings (SSSR count). The van der Waals surface area contributed by atoms with Gasteiger partial charge in [0.15, 0.2) is 10.0 Å². The second kappa shape index (κ2) is 7.18. The van der Waals surface area contributed by atoms with E-state index in [1.807, 2.05) is 5.38 Å². The van der Waals surface area contributed by atoms with Gasteiger partial charge in [0.1, 0.15) is 5.69 Å². The van der Waals surface area contributed by atoms with E-state index in [0.717, 1.165) is 34.2 Å². The minimum Gasteiger partial charge on any atom is -0.370 e. The maximum Gasteiger partial charge on any atom is 0.271 e. The number of carbonyl (C=O) groups is 2. The highest BCUT2D eigenvalue weighted by molar-refractivity contribution is 7.20. The van der Waals surface area contributed by atoms with E-state index in [9.17, 15) is 9.59 Å². The van der Waals surface area contributed by atoms with Crippen molar-refractivity contribution >= 4 is 34.5 Å². The lowest BCUT2D eigenvalue weighted by Crippen LogP contribution is -2.26. The molecule has 0 aromatic carbocycles. The second-order valence-electron chi connectivity index (χ2n) is 5.52. The summed E-state index contributed by atoms with van der Waals surface area (Å²) in [7, 11) is 0. The summed E-state index contributed by atoms with van der Waals surface area (Å²) < 4.78 is 0. The molecule has 2 aromatic heterocycles. The number of hydrogen-bond donors (Lipinski definition) is 2. The summed E-state index contributed by atoms with van der Waals surface area (Å²) in [5, 5.41) is 6.48. The highest BCUT2D eigenvalue weighted by Gasteiger charge is 2.32. The topological polar surface area (TPSA) is 98.0 Å². The molecule has 0 unspecified atom stereocenters. The van der Waals surface area contributed by atoms with Crippen molar-refractivity contribution in [3.63, 3.8) is 0 Å². The fourth-order valence-electron chi connectivity index (χ4n) is 2.25. The van der Waals surface area contributed by atoms with Gasteiger partial charge in [-0.1, -0.05) is 0 Å². The number of nitrogens with zero attached hydrogens (tertiary/aromatic N) is 2. The highest BCUT2D eigenvalue weighted by atomic mass is 32.1. The largest absolute Gasteiger partial charge is 0.370 e. The van der Waals surface area contributed by atoms with Gasteiger partial charge in [0, 0.05) is 29.4 Å². The first-order valence-corrected chi connectivity index (χ1v) is 9.32. The monoisotopic (exact) mass is 350 g/mol. The van der Waals surface area contributed by atoms with Gasteiger partial charge in [-0.2, -0.15) is 0 Å². The number of amides is 2. The lowest BCUT2D eigenvalue weighted by Gasteiger charge is -2.04. The standard InChI is InChI=1S/C15H18N4O2S2/c16-10(20)3-1-2-6-17-13(21)11-12(9-4-5-9)23-15(19-11)14-18-7-8-22-14/h7-9H,1-6H2,(H2,16,20)(H,17,21). The van der Waals surface area contributed by atoms with Crippen LogP contribution in [0.25, 0.3) is 10.0 Å². The van der Waals surface area contributed by atoms with E-state index in [4.69, 9.17) is 5.73 Å². The van der Waals surface area contributed by atoms with Crippen LogP contribution in [0.15, 0.2) is 11.6 Å². The number of rotatable bonds is 8. The van der Waals surface area contributed by atoms with Crippen LogP contribution in [0.3, 0.4) is 0 Å². The molecule has 0 aliphatic heterocycles. The molecule has 1 aliphatic carbocycles. The van der Waals surface area contributed by atoms with Crippen molar-refractivity contribution in [2.24, 2.45) is 5.73 Å². The van der Waals surface area contributed by atoms with Gasteiger partial charge >= 0.3 is 0 Å². The first-order chi connectivity index (χ1) is 11.1. The lowest BCUT2D eigenvalue weighted by molar-refractivity contribution is -0.118. The molecule has 2 aromatic rings. The number of thiazole rings is 2. The predicted molar refractivity (Wildman–Crippen MR) is 90.6 cm³/mol. The third-order valence-corrected chi connectivity index (χ3v) is 5.70. The second-order valence-corrected chi connectivity index (χ2v) is 7.45. The Kier molecular flexibility index (Phi) is 5.02. The first-order valence-electron chi connectivity index (χ1n) is 7.62. The number of nitrogens with two attached hydrogens (primary N) is 1. The average Bonchev–Trinajstić information content (AvgIpc) is 3.04. The van der Waals surface area contributed by atoms with Gasteiger partial charge in [0.05, 0.1) is 0 Å². The van der Waals surface area contributed by atoms with Gasteiger partial charge in [0.25, 0.3) is 5.91 Å². The van der Waals surface area contributed by atoms with E-state index < -0.39 is 0 Å². The Hall–Kier alpha value is -1.80. The number of primary amides is 1. The van der Waals surface area contributed by atoms with Gasteiger partial charge in [-0.15, -0.1) is 22.7 Å². The van der Waals surface area contributed by atoms with E-state index in [1.165, 1.54) is 11.3 Å². The smallest absolute Gasteiger partial charge is 0.271 e. The van der Waals surface area contributed by atoms with Crippen LogP contribution < -0.4 is 11.1 Å². The number of nitrogens with one attached hydrogen (secondary N) is 1. The molecule has 1 aliphatic rings. The van der Waals surface area contributed by atoms with E-state index in [2.05, 4.69) is 15.3 Å². The molecular weight excluding hydrogens is 332 g/mol. The Morgan fingerprint density at radius 2 is 2.13 bits per heavy atom. The normalized spacial score (nSPS) is 13.9. The molecule has 2 amide bonds. The maximum atomic E-state index is 12.4. The van der Waals surface area contributed by atoms with E-state index >= 15 is 0 Å². The van der Waals surface area contributed by atoms with Crippen LogP contribution in [0.5, 0.6) is 0 Å². The van der Waals surface area contributed by atoms with Gasteiger partial charge in [-0.25, -0.2) is 9.97 Å². The number of carbonyl (C=O) groups excluding carboxylic acids is 2. The summed E-state index contributed by atoms with van der Waals surface area (Å²) in [5.41, 5.74) is 5.63. The molecule has 3 N–H and O–H groups in total. The zero-order chi connectivity index (χ0) is 16.2. The van der Waals surface area contributed by atoms with Crippen molar-refractivity contribution < 1.29 is 9.59 Å².